The van der Waals surface area contributed by atoms with Gasteiger partial charge in [0.25, 0.3) is 0 Å². The van der Waals surface area contributed by atoms with Crippen molar-refractivity contribution in [2.24, 2.45) is 0 Å². The van der Waals surface area contributed by atoms with E-state index in [2.05, 4.69) is 16.2 Å². The molecule has 0 unspecified atom stereocenters. The fourth-order valence-corrected chi connectivity index (χ4v) is 1.50. The molecule has 5 nitrogen and oxygen atoms in total. The lowest BCUT2D eigenvalue weighted by atomic mass is 10.3. The largest absolute Gasteiger partial charge is 0.331 e. The van der Waals surface area contributed by atoms with Gasteiger partial charge in [0.2, 0.25) is 5.91 Å². The summed E-state index contributed by atoms with van der Waals surface area (Å²) in [6, 6.07) is 7.10. The molecule has 0 saturated heterocycles. The van der Waals surface area contributed by atoms with E-state index in [1.807, 2.05) is 19.0 Å². The zero-order chi connectivity index (χ0) is 14.3. The molecule has 19 heavy (non-hydrogen) atoms. The molecule has 1 amide bonds. The molecule has 0 saturated carbocycles. The van der Waals surface area contributed by atoms with Gasteiger partial charge in [0.15, 0.2) is 5.11 Å². The van der Waals surface area contributed by atoms with Gasteiger partial charge in [0, 0.05) is 23.7 Å². The van der Waals surface area contributed by atoms with Crippen molar-refractivity contribution in [3.8, 4) is 0 Å². The van der Waals surface area contributed by atoms with Crippen molar-refractivity contribution in [1.82, 2.24) is 15.8 Å². The molecule has 104 valence electrons. The molecule has 7 heteroatoms. The van der Waals surface area contributed by atoms with E-state index >= 15 is 0 Å². The number of benzene rings is 1. The topological polar surface area (TPSA) is 56.4 Å². The van der Waals surface area contributed by atoms with Gasteiger partial charge in [-0.3, -0.25) is 15.6 Å². The van der Waals surface area contributed by atoms with Gasteiger partial charge in [-0.15, -0.1) is 0 Å². The van der Waals surface area contributed by atoms with Crippen LogP contribution in [0.1, 0.15) is 6.42 Å². The normalized spacial score (nSPS) is 10.1. The van der Waals surface area contributed by atoms with Gasteiger partial charge < -0.3 is 10.2 Å². The molecular weight excluding hydrogens is 284 g/mol. The number of hydrazine groups is 1. The maximum atomic E-state index is 11.4. The second-order valence-corrected chi connectivity index (χ2v) is 5.03. The third-order valence-electron chi connectivity index (χ3n) is 2.20. The molecular formula is C12H17ClN4OS. The zero-order valence-electron chi connectivity index (χ0n) is 10.9. The molecule has 0 aliphatic carbocycles. The quantitative estimate of drug-likeness (QED) is 0.583. The van der Waals surface area contributed by atoms with Crippen LogP contribution in [0.5, 0.6) is 0 Å². The smallest absolute Gasteiger partial charge is 0.239 e. The summed E-state index contributed by atoms with van der Waals surface area (Å²) >= 11 is 10.8. The number of thiocarbonyl (C=S) groups is 1. The van der Waals surface area contributed by atoms with Crippen molar-refractivity contribution >= 4 is 40.5 Å². The number of carbonyl (C=O) groups excluding carboxylic acids is 1. The minimum absolute atomic E-state index is 0.117. The minimum atomic E-state index is -0.117. The first kappa shape index (κ1) is 15.7. The van der Waals surface area contributed by atoms with Crippen LogP contribution in [0, 0.1) is 0 Å². The van der Waals surface area contributed by atoms with E-state index in [9.17, 15) is 4.79 Å². The van der Waals surface area contributed by atoms with Gasteiger partial charge in [-0.05, 0) is 50.6 Å². The first-order chi connectivity index (χ1) is 8.97. The highest BCUT2D eigenvalue weighted by Gasteiger charge is 2.03. The summed E-state index contributed by atoms with van der Waals surface area (Å²) in [6.45, 7) is 0.685. The molecule has 3 N–H and O–H groups in total. The third kappa shape index (κ3) is 6.95. The first-order valence-electron chi connectivity index (χ1n) is 5.73. The van der Waals surface area contributed by atoms with Gasteiger partial charge in [0.1, 0.15) is 0 Å². The summed E-state index contributed by atoms with van der Waals surface area (Å²) in [5, 5.41) is 3.90. The van der Waals surface area contributed by atoms with Crippen LogP contribution in [0.15, 0.2) is 24.3 Å². The third-order valence-corrected chi connectivity index (χ3v) is 2.66. The van der Waals surface area contributed by atoms with E-state index < -0.39 is 0 Å². The van der Waals surface area contributed by atoms with Crippen molar-refractivity contribution < 1.29 is 4.79 Å². The zero-order valence-corrected chi connectivity index (χ0v) is 12.4. The number of hydrogen-bond acceptors (Lipinski definition) is 3. The second-order valence-electron chi connectivity index (χ2n) is 4.19. The molecule has 0 atom stereocenters. The van der Waals surface area contributed by atoms with Gasteiger partial charge in [-0.25, -0.2) is 0 Å². The van der Waals surface area contributed by atoms with Gasteiger partial charge >= 0.3 is 0 Å². The minimum Gasteiger partial charge on any atom is -0.331 e. The van der Waals surface area contributed by atoms with Crippen LogP contribution < -0.4 is 16.2 Å². The van der Waals surface area contributed by atoms with Crippen LogP contribution >= 0.6 is 23.8 Å². The summed E-state index contributed by atoms with van der Waals surface area (Å²) in [7, 11) is 3.82. The second kappa shape index (κ2) is 7.93. The molecule has 0 bridgehead atoms. The van der Waals surface area contributed by atoms with Crippen molar-refractivity contribution in [2.75, 3.05) is 26.0 Å². The van der Waals surface area contributed by atoms with Crippen molar-refractivity contribution in [2.45, 2.75) is 6.42 Å². The highest BCUT2D eigenvalue weighted by Crippen LogP contribution is 2.12. The Bertz CT molecular complexity index is 436. The summed E-state index contributed by atoms with van der Waals surface area (Å²) in [4.78, 5) is 13.4. The van der Waals surface area contributed by atoms with E-state index in [0.717, 1.165) is 5.69 Å². The van der Waals surface area contributed by atoms with Gasteiger partial charge in [0.05, 0.1) is 0 Å². The highest BCUT2D eigenvalue weighted by atomic mass is 35.5. The lowest BCUT2D eigenvalue weighted by molar-refractivity contribution is -0.121. The Labute approximate surface area is 123 Å². The average Bonchev–Trinajstić information content (AvgIpc) is 2.36. The Morgan fingerprint density at radius 1 is 1.26 bits per heavy atom. The maximum absolute atomic E-state index is 11.4. The van der Waals surface area contributed by atoms with Crippen LogP contribution in [0.2, 0.25) is 5.02 Å². The number of hydrogen-bond donors (Lipinski definition) is 3. The molecule has 1 aromatic carbocycles. The Morgan fingerprint density at radius 2 is 1.89 bits per heavy atom. The van der Waals surface area contributed by atoms with Crippen LogP contribution in [-0.2, 0) is 4.79 Å². The molecule has 1 aromatic rings. The Balaban J connectivity index is 2.28. The Kier molecular flexibility index (Phi) is 6.55. The number of anilines is 1. The lowest BCUT2D eigenvalue weighted by Gasteiger charge is -2.13. The summed E-state index contributed by atoms with van der Waals surface area (Å²) in [5.74, 6) is -0.117. The molecule has 0 heterocycles. The SMILES string of the molecule is CN(C)CCC(=O)NNC(=S)Nc1ccc(Cl)cc1. The molecule has 0 aliphatic rings. The van der Waals surface area contributed by atoms with E-state index in [1.54, 1.807) is 24.3 Å². The monoisotopic (exact) mass is 300 g/mol. The van der Waals surface area contributed by atoms with Gasteiger partial charge in [-0.2, -0.15) is 0 Å². The molecule has 0 spiro atoms. The van der Waals surface area contributed by atoms with Gasteiger partial charge in [-0.1, -0.05) is 11.6 Å². The molecule has 0 aromatic heterocycles. The molecule has 0 radical (unpaired) electrons. The fraction of sp³-hybridized carbons (Fsp3) is 0.333. The van der Waals surface area contributed by atoms with Crippen molar-refractivity contribution in [3.63, 3.8) is 0 Å². The maximum Gasteiger partial charge on any atom is 0.239 e. The lowest BCUT2D eigenvalue weighted by Crippen LogP contribution is -2.44. The van der Waals surface area contributed by atoms with E-state index in [1.165, 1.54) is 0 Å². The Morgan fingerprint density at radius 3 is 2.47 bits per heavy atom. The van der Waals surface area contributed by atoms with Crippen molar-refractivity contribution in [3.05, 3.63) is 29.3 Å². The summed E-state index contributed by atoms with van der Waals surface area (Å²) in [5.41, 5.74) is 5.96. The number of carbonyl (C=O) groups is 1. The summed E-state index contributed by atoms with van der Waals surface area (Å²) in [6.07, 6.45) is 0.406. The van der Waals surface area contributed by atoms with Crippen LogP contribution in [0.4, 0.5) is 5.69 Å². The predicted octanol–water partition coefficient (Wildman–Crippen LogP) is 1.61. The average molecular weight is 301 g/mol. The first-order valence-corrected chi connectivity index (χ1v) is 6.52. The van der Waals surface area contributed by atoms with Crippen LogP contribution in [0.25, 0.3) is 0 Å². The van der Waals surface area contributed by atoms with E-state index in [0.29, 0.717) is 23.1 Å². The van der Waals surface area contributed by atoms with Crippen LogP contribution in [0.3, 0.4) is 0 Å². The molecule has 0 fully saturated rings. The van der Waals surface area contributed by atoms with Crippen LogP contribution in [-0.4, -0.2) is 36.6 Å². The number of rotatable bonds is 4. The summed E-state index contributed by atoms with van der Waals surface area (Å²) < 4.78 is 0. The van der Waals surface area contributed by atoms with E-state index in [4.69, 9.17) is 23.8 Å². The van der Waals surface area contributed by atoms with Crippen molar-refractivity contribution in [1.29, 1.82) is 0 Å². The predicted molar refractivity (Wildman–Crippen MR) is 82.1 cm³/mol. The highest BCUT2D eigenvalue weighted by molar-refractivity contribution is 7.80. The standard InChI is InChI=1S/C12H17ClN4OS/c1-17(2)8-7-11(18)15-16-12(19)14-10-5-3-9(13)4-6-10/h3-6H,7-8H2,1-2H3,(H,15,18)(H2,14,16,19). The van der Waals surface area contributed by atoms with E-state index in [-0.39, 0.29) is 5.91 Å². The number of nitrogens with one attached hydrogen (secondary N) is 3. The Hall–Kier alpha value is -1.37. The molecule has 0 aliphatic heterocycles. The number of halogens is 1. The fourth-order valence-electron chi connectivity index (χ4n) is 1.21. The number of nitrogens with zero attached hydrogens (tertiary/aromatic N) is 1. The number of amides is 1. The molecule has 1 rings (SSSR count).